The first-order chi connectivity index (χ1) is 11.2. The van der Waals surface area contributed by atoms with Crippen molar-refractivity contribution in [2.45, 2.75) is 30.1 Å². The maximum atomic E-state index is 12.9. The molecule has 1 aliphatic rings. The summed E-state index contributed by atoms with van der Waals surface area (Å²) in [6, 6.07) is 2.84. The average molecular weight is 414 g/mol. The first kappa shape index (κ1) is 17.2. The van der Waals surface area contributed by atoms with Crippen molar-refractivity contribution in [3.8, 4) is 5.75 Å². The Morgan fingerprint density at radius 1 is 1.33 bits per heavy atom. The smallest absolute Gasteiger partial charge is 0.199 e. The molecule has 3 rings (SSSR count). The highest BCUT2D eigenvalue weighted by atomic mass is 79.9. The second-order valence-corrected chi connectivity index (χ2v) is 8.97. The summed E-state index contributed by atoms with van der Waals surface area (Å²) < 4.78 is 34.5. The van der Waals surface area contributed by atoms with Crippen LogP contribution in [0.1, 0.15) is 41.4 Å². The van der Waals surface area contributed by atoms with Crippen LogP contribution >= 0.6 is 15.9 Å². The van der Waals surface area contributed by atoms with E-state index in [4.69, 9.17) is 9.26 Å². The van der Waals surface area contributed by atoms with Crippen LogP contribution in [0.15, 0.2) is 32.2 Å². The van der Waals surface area contributed by atoms with E-state index in [9.17, 15) is 13.2 Å². The number of carbonyl (C=O) groups excluding carboxylic acids is 1. The second-order valence-electron chi connectivity index (χ2n) is 6.19. The van der Waals surface area contributed by atoms with Crippen LogP contribution in [0.3, 0.4) is 0 Å². The molecule has 128 valence electrons. The fourth-order valence-electron chi connectivity index (χ4n) is 2.59. The van der Waals surface area contributed by atoms with Crippen LogP contribution in [-0.2, 0) is 15.3 Å². The summed E-state index contributed by atoms with van der Waals surface area (Å²) >= 11 is 3.30. The van der Waals surface area contributed by atoms with Crippen molar-refractivity contribution in [3.05, 3.63) is 39.7 Å². The lowest BCUT2D eigenvalue weighted by Gasteiger charge is -2.13. The highest BCUT2D eigenvalue weighted by Crippen LogP contribution is 2.49. The molecular formula is C16H16BrNO5S. The van der Waals surface area contributed by atoms with Gasteiger partial charge in [-0.1, -0.05) is 12.1 Å². The van der Waals surface area contributed by atoms with Gasteiger partial charge in [0.15, 0.2) is 27.1 Å². The van der Waals surface area contributed by atoms with Gasteiger partial charge in [0.05, 0.1) is 23.3 Å². The number of methoxy groups -OCH3 is 1. The molecule has 0 aliphatic heterocycles. The third-order valence-corrected chi connectivity index (χ3v) is 6.18. The zero-order valence-electron chi connectivity index (χ0n) is 13.4. The predicted molar refractivity (Wildman–Crippen MR) is 90.3 cm³/mol. The topological polar surface area (TPSA) is 86.5 Å². The van der Waals surface area contributed by atoms with Crippen LogP contribution in [0.4, 0.5) is 0 Å². The maximum Gasteiger partial charge on any atom is 0.199 e. The van der Waals surface area contributed by atoms with Crippen molar-refractivity contribution in [3.63, 3.8) is 0 Å². The van der Waals surface area contributed by atoms with Gasteiger partial charge in [-0.05, 0) is 40.9 Å². The lowest BCUT2D eigenvalue weighted by Crippen LogP contribution is -2.11. The van der Waals surface area contributed by atoms with Crippen LogP contribution in [0.2, 0.25) is 0 Å². The van der Waals surface area contributed by atoms with Gasteiger partial charge in [0.25, 0.3) is 0 Å². The van der Waals surface area contributed by atoms with E-state index in [-0.39, 0.29) is 21.8 Å². The Bertz CT molecular complexity index is 928. The molecule has 1 aliphatic carbocycles. The molecule has 8 heteroatoms. The minimum atomic E-state index is -3.48. The summed E-state index contributed by atoms with van der Waals surface area (Å²) in [6.07, 6.45) is 4.38. The Hall–Kier alpha value is -1.67. The van der Waals surface area contributed by atoms with Crippen LogP contribution in [0, 0.1) is 0 Å². The van der Waals surface area contributed by atoms with E-state index in [1.54, 1.807) is 0 Å². The summed E-state index contributed by atoms with van der Waals surface area (Å²) in [7, 11) is -2.12. The van der Waals surface area contributed by atoms with Crippen molar-refractivity contribution in [1.82, 2.24) is 5.16 Å². The Kier molecular flexibility index (Phi) is 4.08. The molecule has 1 aromatic heterocycles. The maximum absolute atomic E-state index is 12.9. The first-order valence-electron chi connectivity index (χ1n) is 7.25. The lowest BCUT2D eigenvalue weighted by molar-refractivity contribution is 0.103. The Morgan fingerprint density at radius 3 is 2.54 bits per heavy atom. The van der Waals surface area contributed by atoms with E-state index in [0.29, 0.717) is 21.4 Å². The highest BCUT2D eigenvalue weighted by Gasteiger charge is 2.45. The molecule has 1 saturated carbocycles. The molecule has 0 unspecified atom stereocenters. The molecule has 0 bridgehead atoms. The number of nitrogens with zero attached hydrogens (tertiary/aromatic N) is 1. The standard InChI is InChI=1S/C16H16BrNO5S/c1-16(6-7-16)15-10(8-18-23-15)13(19)9-4-5-11(24(3,20)21)14(22-2)12(9)17/h4-5,8H,6-7H2,1-3H3. The molecule has 0 N–H and O–H groups in total. The van der Waals surface area contributed by atoms with E-state index in [1.165, 1.54) is 25.4 Å². The lowest BCUT2D eigenvalue weighted by atomic mass is 9.97. The van der Waals surface area contributed by atoms with Gasteiger partial charge >= 0.3 is 0 Å². The fraction of sp³-hybridized carbons (Fsp3) is 0.375. The molecule has 2 aromatic rings. The molecule has 0 saturated heterocycles. The monoisotopic (exact) mass is 413 g/mol. The summed E-state index contributed by atoms with van der Waals surface area (Å²) in [4.78, 5) is 12.9. The minimum absolute atomic E-state index is 0.0214. The summed E-state index contributed by atoms with van der Waals surface area (Å²) in [5, 5.41) is 3.77. The van der Waals surface area contributed by atoms with E-state index in [2.05, 4.69) is 21.1 Å². The van der Waals surface area contributed by atoms with Crippen LogP contribution in [0.5, 0.6) is 5.75 Å². The summed E-state index contributed by atoms with van der Waals surface area (Å²) in [5.41, 5.74) is 0.544. The van der Waals surface area contributed by atoms with E-state index in [1.807, 2.05) is 6.92 Å². The van der Waals surface area contributed by atoms with Gasteiger partial charge < -0.3 is 9.26 Å². The SMILES string of the molecule is COc1c(S(C)(=O)=O)ccc(C(=O)c2cnoc2C2(C)CC2)c1Br. The second kappa shape index (κ2) is 5.70. The number of ether oxygens (including phenoxy) is 1. The number of rotatable bonds is 5. The molecule has 0 radical (unpaired) electrons. The Morgan fingerprint density at radius 2 is 2.00 bits per heavy atom. The molecule has 6 nitrogen and oxygen atoms in total. The van der Waals surface area contributed by atoms with E-state index >= 15 is 0 Å². The van der Waals surface area contributed by atoms with Gasteiger partial charge in [0, 0.05) is 17.2 Å². The predicted octanol–water partition coefficient (Wildman–Crippen LogP) is 3.13. The fourth-order valence-corrected chi connectivity index (χ4v) is 4.25. The number of aromatic nitrogens is 1. The zero-order chi connectivity index (χ0) is 17.7. The zero-order valence-corrected chi connectivity index (χ0v) is 15.8. The number of benzene rings is 1. The van der Waals surface area contributed by atoms with Gasteiger partial charge in [0.1, 0.15) is 4.90 Å². The molecular weight excluding hydrogens is 398 g/mol. The molecule has 24 heavy (non-hydrogen) atoms. The van der Waals surface area contributed by atoms with Gasteiger partial charge in [-0.2, -0.15) is 0 Å². The molecule has 1 aromatic carbocycles. The van der Waals surface area contributed by atoms with Gasteiger partial charge in [-0.25, -0.2) is 8.42 Å². The number of ketones is 1. The van der Waals surface area contributed by atoms with Crippen molar-refractivity contribution >= 4 is 31.6 Å². The molecule has 0 spiro atoms. The van der Waals surface area contributed by atoms with Gasteiger partial charge in [0.2, 0.25) is 0 Å². The molecule has 0 atom stereocenters. The normalized spacial score (nSPS) is 16.0. The summed E-state index contributed by atoms with van der Waals surface area (Å²) in [6.45, 7) is 2.02. The van der Waals surface area contributed by atoms with Crippen molar-refractivity contribution in [2.75, 3.05) is 13.4 Å². The molecule has 1 fully saturated rings. The molecule has 1 heterocycles. The minimum Gasteiger partial charge on any atom is -0.494 e. The number of halogens is 1. The number of hydrogen-bond acceptors (Lipinski definition) is 6. The summed E-state index contributed by atoms with van der Waals surface area (Å²) in [5.74, 6) is 0.397. The van der Waals surface area contributed by atoms with Gasteiger partial charge in [-0.3, -0.25) is 4.79 Å². The highest BCUT2D eigenvalue weighted by molar-refractivity contribution is 9.10. The van der Waals surface area contributed by atoms with Gasteiger partial charge in [-0.15, -0.1) is 0 Å². The van der Waals surface area contributed by atoms with E-state index < -0.39 is 9.84 Å². The Balaban J connectivity index is 2.11. The average Bonchev–Trinajstić information content (AvgIpc) is 3.07. The van der Waals surface area contributed by atoms with Crippen LogP contribution in [-0.4, -0.2) is 32.7 Å². The molecule has 0 amide bonds. The number of carbonyl (C=O) groups is 1. The number of sulfone groups is 1. The van der Waals surface area contributed by atoms with Crippen molar-refractivity contribution in [2.24, 2.45) is 0 Å². The first-order valence-corrected chi connectivity index (χ1v) is 9.94. The quantitative estimate of drug-likeness (QED) is 0.699. The number of hydrogen-bond donors (Lipinski definition) is 0. The third-order valence-electron chi connectivity index (χ3n) is 4.27. The largest absolute Gasteiger partial charge is 0.494 e. The van der Waals surface area contributed by atoms with Crippen LogP contribution in [0.25, 0.3) is 0 Å². The van der Waals surface area contributed by atoms with Crippen molar-refractivity contribution in [1.29, 1.82) is 0 Å². The Labute approximate surface area is 148 Å². The van der Waals surface area contributed by atoms with E-state index in [0.717, 1.165) is 19.1 Å². The third kappa shape index (κ3) is 2.77. The van der Waals surface area contributed by atoms with Crippen molar-refractivity contribution < 1.29 is 22.5 Å². The van der Waals surface area contributed by atoms with Crippen LogP contribution < -0.4 is 4.74 Å².